The topological polar surface area (TPSA) is 20.3 Å². The van der Waals surface area contributed by atoms with Crippen LogP contribution >= 0.6 is 15.9 Å². The highest BCUT2D eigenvalue weighted by atomic mass is 79.9. The molecule has 0 spiro atoms. The van der Waals surface area contributed by atoms with Gasteiger partial charge in [0, 0.05) is 24.8 Å². The van der Waals surface area contributed by atoms with Gasteiger partial charge in [-0.2, -0.15) is 0 Å². The quantitative estimate of drug-likeness (QED) is 0.621. The van der Waals surface area contributed by atoms with Gasteiger partial charge >= 0.3 is 0 Å². The van der Waals surface area contributed by atoms with Crippen LogP contribution in [0.3, 0.4) is 0 Å². The summed E-state index contributed by atoms with van der Waals surface area (Å²) < 4.78 is 0. The molecule has 1 aliphatic carbocycles. The van der Waals surface area contributed by atoms with Gasteiger partial charge in [-0.1, -0.05) is 55.0 Å². The van der Waals surface area contributed by atoms with Gasteiger partial charge in [-0.15, -0.1) is 0 Å². The second kappa shape index (κ2) is 8.96. The zero-order chi connectivity index (χ0) is 12.5. The lowest BCUT2D eigenvalue weighted by Gasteiger charge is -2.22. The molecule has 17 heavy (non-hydrogen) atoms. The summed E-state index contributed by atoms with van der Waals surface area (Å²) in [5, 5.41) is 0.895. The van der Waals surface area contributed by atoms with Gasteiger partial charge in [0.05, 0.1) is 0 Å². The van der Waals surface area contributed by atoms with Crippen LogP contribution < -0.4 is 0 Å². The molecule has 100 valence electrons. The molecule has 0 atom stereocenters. The van der Waals surface area contributed by atoms with Gasteiger partial charge in [-0.3, -0.25) is 4.79 Å². The summed E-state index contributed by atoms with van der Waals surface area (Å²) in [5.74, 6) is 1.20. The van der Waals surface area contributed by atoms with Crippen molar-refractivity contribution in [3.63, 3.8) is 0 Å². The zero-order valence-corrected chi connectivity index (χ0v) is 12.7. The number of alkyl halides is 1. The Bertz CT molecular complexity index is 214. The number of nitrogens with zero attached hydrogens (tertiary/aromatic N) is 1. The Labute approximate surface area is 114 Å². The van der Waals surface area contributed by atoms with E-state index in [1.54, 1.807) is 0 Å². The van der Waals surface area contributed by atoms with Gasteiger partial charge in [-0.05, 0) is 18.8 Å². The van der Waals surface area contributed by atoms with Crippen LogP contribution in [0.15, 0.2) is 0 Å². The summed E-state index contributed by atoms with van der Waals surface area (Å²) >= 11 is 3.43. The van der Waals surface area contributed by atoms with Crippen LogP contribution in [0.5, 0.6) is 0 Å². The van der Waals surface area contributed by atoms with E-state index < -0.39 is 0 Å². The Kier molecular flexibility index (Phi) is 7.91. The van der Waals surface area contributed by atoms with Gasteiger partial charge in [0.2, 0.25) is 5.91 Å². The monoisotopic (exact) mass is 303 g/mol. The normalized spacial score (nSPS) is 16.4. The van der Waals surface area contributed by atoms with Crippen LogP contribution in [0.1, 0.15) is 58.3 Å². The van der Waals surface area contributed by atoms with Crippen molar-refractivity contribution in [3.8, 4) is 0 Å². The lowest BCUT2D eigenvalue weighted by atomic mass is 10.0. The fraction of sp³-hybridized carbons (Fsp3) is 0.929. The predicted molar refractivity (Wildman–Crippen MR) is 76.5 cm³/mol. The number of carbonyl (C=O) groups excluding carboxylic acids is 1. The van der Waals surface area contributed by atoms with E-state index in [9.17, 15) is 4.79 Å². The first-order valence-electron chi connectivity index (χ1n) is 7.11. The summed E-state index contributed by atoms with van der Waals surface area (Å²) in [4.78, 5) is 14.1. The number of amides is 1. The maximum Gasteiger partial charge on any atom is 0.222 e. The predicted octanol–water partition coefficient (Wildman–Crippen LogP) is 3.98. The van der Waals surface area contributed by atoms with E-state index in [1.807, 2.05) is 4.90 Å². The number of rotatable bonds is 8. The van der Waals surface area contributed by atoms with Crippen LogP contribution in [-0.4, -0.2) is 29.2 Å². The molecule has 1 rings (SSSR count). The Hall–Kier alpha value is -0.0500. The van der Waals surface area contributed by atoms with Crippen molar-refractivity contribution in [2.75, 3.05) is 18.4 Å². The van der Waals surface area contributed by atoms with Crippen molar-refractivity contribution in [3.05, 3.63) is 0 Å². The third-order valence-corrected chi connectivity index (χ3v) is 4.08. The Morgan fingerprint density at radius 3 is 2.59 bits per heavy atom. The van der Waals surface area contributed by atoms with Crippen LogP contribution in [0.4, 0.5) is 0 Å². The van der Waals surface area contributed by atoms with Crippen molar-refractivity contribution in [1.82, 2.24) is 4.90 Å². The molecule has 0 N–H and O–H groups in total. The standard InChI is InChI=1S/C14H26BrNO/c1-2-3-11-16(12-10-15)14(17)9-8-13-6-4-5-7-13/h13H,2-12H2,1H3. The highest BCUT2D eigenvalue weighted by Crippen LogP contribution is 2.28. The molecule has 0 aromatic rings. The number of halogens is 1. The molecule has 0 unspecified atom stereocenters. The third-order valence-electron chi connectivity index (χ3n) is 3.73. The van der Waals surface area contributed by atoms with Crippen LogP contribution in [-0.2, 0) is 4.79 Å². The molecule has 0 saturated heterocycles. The second-order valence-corrected chi connectivity index (χ2v) is 5.91. The van der Waals surface area contributed by atoms with Crippen LogP contribution in [0.25, 0.3) is 0 Å². The molecule has 0 aromatic carbocycles. The fourth-order valence-corrected chi connectivity index (χ4v) is 3.03. The molecule has 0 radical (unpaired) electrons. The molecule has 1 fully saturated rings. The van der Waals surface area contributed by atoms with Gasteiger partial charge in [0.15, 0.2) is 0 Å². The average molecular weight is 304 g/mol. The van der Waals surface area contributed by atoms with Gasteiger partial charge in [0.25, 0.3) is 0 Å². The van der Waals surface area contributed by atoms with Crippen molar-refractivity contribution in [1.29, 1.82) is 0 Å². The minimum atomic E-state index is 0.366. The fourth-order valence-electron chi connectivity index (χ4n) is 2.60. The summed E-state index contributed by atoms with van der Waals surface area (Å²) in [7, 11) is 0. The van der Waals surface area contributed by atoms with E-state index in [-0.39, 0.29) is 0 Å². The molecule has 0 aliphatic heterocycles. The summed E-state index contributed by atoms with van der Waals surface area (Å²) in [5.41, 5.74) is 0. The molecule has 3 heteroatoms. The number of unbranched alkanes of at least 4 members (excludes halogenated alkanes) is 1. The van der Waals surface area contributed by atoms with Gasteiger partial charge in [0.1, 0.15) is 0 Å². The Balaban J connectivity index is 2.24. The SMILES string of the molecule is CCCCN(CCBr)C(=O)CCC1CCCC1. The van der Waals surface area contributed by atoms with Gasteiger partial charge < -0.3 is 4.90 Å². The zero-order valence-electron chi connectivity index (χ0n) is 11.1. The van der Waals surface area contributed by atoms with E-state index in [0.717, 1.165) is 50.0 Å². The maximum atomic E-state index is 12.1. The molecule has 1 amide bonds. The minimum Gasteiger partial charge on any atom is -0.342 e. The molecule has 2 nitrogen and oxygen atoms in total. The van der Waals surface area contributed by atoms with Crippen LogP contribution in [0, 0.1) is 5.92 Å². The average Bonchev–Trinajstić information content (AvgIpc) is 2.84. The molecule has 0 heterocycles. The smallest absolute Gasteiger partial charge is 0.222 e. The molecular weight excluding hydrogens is 278 g/mol. The lowest BCUT2D eigenvalue weighted by Crippen LogP contribution is -2.33. The number of hydrogen-bond donors (Lipinski definition) is 0. The third kappa shape index (κ3) is 5.89. The highest BCUT2D eigenvalue weighted by Gasteiger charge is 2.18. The first-order chi connectivity index (χ1) is 8.27. The molecule has 0 aromatic heterocycles. The summed E-state index contributed by atoms with van der Waals surface area (Å²) in [6.07, 6.45) is 9.61. The molecule has 0 bridgehead atoms. The Morgan fingerprint density at radius 2 is 2.00 bits per heavy atom. The van der Waals surface area contributed by atoms with E-state index in [1.165, 1.54) is 25.7 Å². The van der Waals surface area contributed by atoms with E-state index in [0.29, 0.717) is 5.91 Å². The Morgan fingerprint density at radius 1 is 1.29 bits per heavy atom. The van der Waals surface area contributed by atoms with Gasteiger partial charge in [-0.25, -0.2) is 0 Å². The molecule has 1 saturated carbocycles. The minimum absolute atomic E-state index is 0.366. The largest absolute Gasteiger partial charge is 0.342 e. The first kappa shape index (κ1) is 15.0. The number of hydrogen-bond acceptors (Lipinski definition) is 1. The van der Waals surface area contributed by atoms with Crippen molar-refractivity contribution >= 4 is 21.8 Å². The highest BCUT2D eigenvalue weighted by molar-refractivity contribution is 9.09. The first-order valence-corrected chi connectivity index (χ1v) is 8.23. The van der Waals surface area contributed by atoms with E-state index >= 15 is 0 Å². The van der Waals surface area contributed by atoms with Crippen LogP contribution in [0.2, 0.25) is 0 Å². The van der Waals surface area contributed by atoms with E-state index in [4.69, 9.17) is 0 Å². The summed E-state index contributed by atoms with van der Waals surface area (Å²) in [6, 6.07) is 0. The number of carbonyl (C=O) groups is 1. The second-order valence-electron chi connectivity index (χ2n) is 5.11. The van der Waals surface area contributed by atoms with Crippen molar-refractivity contribution in [2.24, 2.45) is 5.92 Å². The van der Waals surface area contributed by atoms with E-state index in [2.05, 4.69) is 22.9 Å². The lowest BCUT2D eigenvalue weighted by molar-refractivity contribution is -0.131. The van der Waals surface area contributed by atoms with Crippen molar-refractivity contribution < 1.29 is 4.79 Å². The van der Waals surface area contributed by atoms with Crippen molar-refractivity contribution in [2.45, 2.75) is 58.3 Å². The molecular formula is C14H26BrNO. The summed E-state index contributed by atoms with van der Waals surface area (Å²) in [6.45, 7) is 3.98. The molecule has 1 aliphatic rings. The maximum absolute atomic E-state index is 12.1.